The Morgan fingerprint density at radius 2 is 1.42 bits per heavy atom. The first-order valence-corrected chi connectivity index (χ1v) is 12.4. The van der Waals surface area contributed by atoms with Crippen LogP contribution in [0.2, 0.25) is 0 Å². The summed E-state index contributed by atoms with van der Waals surface area (Å²) in [6.45, 7) is 7.98. The number of unbranched alkanes of at least 4 members (excludes halogenated alkanes) is 1. The Morgan fingerprint density at radius 3 is 1.92 bits per heavy atom. The summed E-state index contributed by atoms with van der Waals surface area (Å²) in [4.78, 5) is 54.0. The molecule has 0 rings (SSSR count). The van der Waals surface area contributed by atoms with E-state index in [0.717, 1.165) is 0 Å². The molecule has 12 N–H and O–H groups in total. The molecule has 0 aromatic carbocycles. The fourth-order valence-electron chi connectivity index (χ4n) is 3.47. The maximum Gasteiger partial charge on any atom is 0.326 e. The van der Waals surface area contributed by atoms with Crippen molar-refractivity contribution < 1.29 is 24.3 Å². The molecule has 4 unspecified atom stereocenters. The SMILES string of the molecule is CC(C)CC(N)C(=O)NC(CCCCN)C(=O)NC(C(=O)NC(CCCN=C(N)N)C(=O)O)C(C)C. The van der Waals surface area contributed by atoms with E-state index in [1.54, 1.807) is 13.8 Å². The average molecular weight is 515 g/mol. The van der Waals surface area contributed by atoms with Gasteiger partial charge in [-0.15, -0.1) is 0 Å². The molecule has 13 nitrogen and oxygen atoms in total. The van der Waals surface area contributed by atoms with Crippen molar-refractivity contribution in [2.75, 3.05) is 13.1 Å². The number of guanidine groups is 1. The van der Waals surface area contributed by atoms with E-state index in [9.17, 15) is 24.3 Å². The van der Waals surface area contributed by atoms with Gasteiger partial charge in [0.1, 0.15) is 18.1 Å². The lowest BCUT2D eigenvalue weighted by Crippen LogP contribution is -2.58. The number of hydrogen-bond acceptors (Lipinski definition) is 7. The Labute approximate surface area is 213 Å². The van der Waals surface area contributed by atoms with Gasteiger partial charge in [-0.3, -0.25) is 19.4 Å². The summed E-state index contributed by atoms with van der Waals surface area (Å²) in [5, 5.41) is 17.3. The van der Waals surface area contributed by atoms with Crippen molar-refractivity contribution in [3.05, 3.63) is 0 Å². The number of nitrogens with zero attached hydrogens (tertiary/aromatic N) is 1. The number of carboxylic acids is 1. The summed E-state index contributed by atoms with van der Waals surface area (Å²) < 4.78 is 0. The second-order valence-corrected chi connectivity index (χ2v) is 9.66. The lowest BCUT2D eigenvalue weighted by molar-refractivity contribution is -0.142. The molecule has 0 saturated carbocycles. The molecule has 3 amide bonds. The van der Waals surface area contributed by atoms with Gasteiger partial charge in [-0.25, -0.2) is 4.79 Å². The van der Waals surface area contributed by atoms with Crippen molar-refractivity contribution in [1.82, 2.24) is 16.0 Å². The molecule has 13 heteroatoms. The Balaban J connectivity index is 5.38. The summed E-state index contributed by atoms with van der Waals surface area (Å²) >= 11 is 0. The van der Waals surface area contributed by atoms with Crippen LogP contribution in [0.25, 0.3) is 0 Å². The smallest absolute Gasteiger partial charge is 0.326 e. The van der Waals surface area contributed by atoms with Crippen molar-refractivity contribution >= 4 is 29.7 Å². The first-order valence-electron chi connectivity index (χ1n) is 12.4. The Hall–Kier alpha value is -2.93. The number of rotatable bonds is 18. The number of nitrogens with one attached hydrogen (secondary N) is 3. The van der Waals surface area contributed by atoms with E-state index in [1.165, 1.54) is 0 Å². The quantitative estimate of drug-likeness (QED) is 0.0617. The van der Waals surface area contributed by atoms with Crippen LogP contribution >= 0.6 is 0 Å². The van der Waals surface area contributed by atoms with E-state index in [4.69, 9.17) is 22.9 Å². The standard InChI is InChI=1S/C23H46N8O5/c1-13(2)12-15(25)19(32)29-16(8-5-6-10-24)20(33)31-18(14(3)4)21(34)30-17(22(35)36)9-7-11-28-23(26)27/h13-18H,5-12,24-25H2,1-4H3,(H,29,32)(H,30,34)(H,31,33)(H,35,36)(H4,26,27,28). The minimum Gasteiger partial charge on any atom is -0.480 e. The van der Waals surface area contributed by atoms with Crippen LogP contribution in [0.15, 0.2) is 4.99 Å². The number of hydrogen-bond donors (Lipinski definition) is 8. The maximum atomic E-state index is 13.1. The van der Waals surface area contributed by atoms with E-state index < -0.39 is 47.9 Å². The molecular weight excluding hydrogens is 468 g/mol. The molecule has 208 valence electrons. The molecule has 0 radical (unpaired) electrons. The van der Waals surface area contributed by atoms with Crippen LogP contribution in [-0.4, -0.2) is 72.0 Å². The van der Waals surface area contributed by atoms with Crippen LogP contribution in [0, 0.1) is 11.8 Å². The van der Waals surface area contributed by atoms with E-state index in [2.05, 4.69) is 20.9 Å². The van der Waals surface area contributed by atoms with Gasteiger partial charge >= 0.3 is 5.97 Å². The molecule has 0 aromatic heterocycles. The molecule has 0 heterocycles. The fourth-order valence-corrected chi connectivity index (χ4v) is 3.47. The Bertz CT molecular complexity index is 740. The fraction of sp³-hybridized carbons (Fsp3) is 0.783. The van der Waals surface area contributed by atoms with E-state index in [-0.39, 0.29) is 30.8 Å². The molecule has 0 aliphatic carbocycles. The molecule has 36 heavy (non-hydrogen) atoms. The zero-order valence-electron chi connectivity index (χ0n) is 22.0. The monoisotopic (exact) mass is 514 g/mol. The van der Waals surface area contributed by atoms with Crippen LogP contribution in [0.5, 0.6) is 0 Å². The number of nitrogens with two attached hydrogens (primary N) is 4. The van der Waals surface area contributed by atoms with Crippen LogP contribution in [0.3, 0.4) is 0 Å². The molecule has 0 aliphatic heterocycles. The number of carbonyl (C=O) groups excluding carboxylic acids is 3. The van der Waals surface area contributed by atoms with Gasteiger partial charge in [0.05, 0.1) is 6.04 Å². The molecular formula is C23H46N8O5. The highest BCUT2D eigenvalue weighted by Crippen LogP contribution is 2.09. The number of amides is 3. The summed E-state index contributed by atoms with van der Waals surface area (Å²) in [5.74, 6) is -3.12. The Kier molecular flexibility index (Phi) is 16.1. The zero-order valence-corrected chi connectivity index (χ0v) is 22.0. The zero-order chi connectivity index (χ0) is 27.8. The van der Waals surface area contributed by atoms with Crippen molar-refractivity contribution in [1.29, 1.82) is 0 Å². The highest BCUT2D eigenvalue weighted by molar-refractivity contribution is 5.94. The van der Waals surface area contributed by atoms with Crippen LogP contribution in [0.4, 0.5) is 0 Å². The van der Waals surface area contributed by atoms with Gasteiger partial charge in [0.15, 0.2) is 5.96 Å². The maximum absolute atomic E-state index is 13.1. The molecule has 0 aliphatic rings. The van der Waals surface area contributed by atoms with Crippen molar-refractivity contribution in [3.8, 4) is 0 Å². The minimum atomic E-state index is -1.21. The van der Waals surface area contributed by atoms with Gasteiger partial charge in [0.25, 0.3) is 0 Å². The molecule has 0 fully saturated rings. The summed E-state index contributed by atoms with van der Waals surface area (Å²) in [6.07, 6.45) is 2.45. The second-order valence-electron chi connectivity index (χ2n) is 9.66. The normalized spacial score (nSPS) is 14.4. The largest absolute Gasteiger partial charge is 0.480 e. The molecule has 0 aromatic rings. The van der Waals surface area contributed by atoms with Crippen molar-refractivity contribution in [2.45, 2.75) is 90.4 Å². The van der Waals surface area contributed by atoms with E-state index >= 15 is 0 Å². The third-order valence-corrected chi connectivity index (χ3v) is 5.45. The topological polar surface area (TPSA) is 241 Å². The van der Waals surface area contributed by atoms with Crippen LogP contribution in [0.1, 0.15) is 66.2 Å². The number of carboxylic acid groups (broad SMARTS) is 1. The minimum absolute atomic E-state index is 0.0993. The van der Waals surface area contributed by atoms with Gasteiger partial charge in [-0.05, 0) is 56.9 Å². The predicted octanol–water partition coefficient (Wildman–Crippen LogP) is -1.26. The third kappa shape index (κ3) is 13.8. The van der Waals surface area contributed by atoms with E-state index in [1.807, 2.05) is 13.8 Å². The molecule has 4 atom stereocenters. The summed E-state index contributed by atoms with van der Waals surface area (Å²) in [7, 11) is 0. The highest BCUT2D eigenvalue weighted by atomic mass is 16.4. The van der Waals surface area contributed by atoms with Gasteiger partial charge in [-0.1, -0.05) is 27.7 Å². The molecule has 0 spiro atoms. The number of carbonyl (C=O) groups is 4. The van der Waals surface area contributed by atoms with Gasteiger partial charge in [0.2, 0.25) is 17.7 Å². The average Bonchev–Trinajstić information content (AvgIpc) is 2.77. The lowest BCUT2D eigenvalue weighted by Gasteiger charge is -2.27. The summed E-state index contributed by atoms with van der Waals surface area (Å²) in [5.41, 5.74) is 22.0. The Morgan fingerprint density at radius 1 is 0.833 bits per heavy atom. The van der Waals surface area contributed by atoms with Crippen LogP contribution < -0.4 is 38.9 Å². The van der Waals surface area contributed by atoms with Crippen molar-refractivity contribution in [2.24, 2.45) is 39.8 Å². The summed E-state index contributed by atoms with van der Waals surface area (Å²) in [6, 6.07) is -3.88. The molecule has 0 bridgehead atoms. The first kappa shape index (κ1) is 33.1. The van der Waals surface area contributed by atoms with Crippen molar-refractivity contribution in [3.63, 3.8) is 0 Å². The second kappa shape index (κ2) is 17.5. The van der Waals surface area contributed by atoms with Gasteiger partial charge in [0, 0.05) is 6.54 Å². The first-order chi connectivity index (χ1) is 16.8. The van der Waals surface area contributed by atoms with E-state index in [0.29, 0.717) is 38.6 Å². The number of aliphatic imine (C=N–C) groups is 1. The highest BCUT2D eigenvalue weighted by Gasteiger charge is 2.31. The molecule has 0 saturated heterocycles. The van der Waals surface area contributed by atoms with Gasteiger partial charge in [-0.2, -0.15) is 0 Å². The number of aliphatic carboxylic acids is 1. The third-order valence-electron chi connectivity index (χ3n) is 5.45. The van der Waals surface area contributed by atoms with Crippen LogP contribution in [-0.2, 0) is 19.2 Å². The lowest BCUT2D eigenvalue weighted by atomic mass is 10.00. The predicted molar refractivity (Wildman–Crippen MR) is 139 cm³/mol. The van der Waals surface area contributed by atoms with Gasteiger partial charge < -0.3 is 44.0 Å².